The summed E-state index contributed by atoms with van der Waals surface area (Å²) < 4.78 is 21.6. The number of benzene rings is 1. The van der Waals surface area contributed by atoms with E-state index in [1.165, 1.54) is 6.07 Å². The Morgan fingerprint density at radius 1 is 1.37 bits per heavy atom. The van der Waals surface area contributed by atoms with Gasteiger partial charge in [0, 0.05) is 26.0 Å². The third-order valence-corrected chi connectivity index (χ3v) is 4.77. The van der Waals surface area contributed by atoms with Crippen LogP contribution in [-0.4, -0.2) is 41.3 Å². The molecule has 3 rings (SSSR count). The van der Waals surface area contributed by atoms with Gasteiger partial charge in [-0.1, -0.05) is 6.07 Å². The number of carbonyl (C=O) groups excluding carboxylic acids is 1. The molecule has 0 spiro atoms. The predicted octanol–water partition coefficient (Wildman–Crippen LogP) is 2.55. The van der Waals surface area contributed by atoms with Crippen LogP contribution >= 0.6 is 24.8 Å². The molecule has 0 unspecified atom stereocenters. The number of imidazole rings is 1. The van der Waals surface area contributed by atoms with E-state index in [2.05, 4.69) is 15.6 Å². The number of ether oxygens (including phenoxy) is 1. The quantitative estimate of drug-likeness (QED) is 0.782. The van der Waals surface area contributed by atoms with Crippen molar-refractivity contribution in [3.8, 4) is 5.69 Å². The fraction of sp³-hybridized carbons (Fsp3) is 0.444. The van der Waals surface area contributed by atoms with E-state index in [1.807, 2.05) is 6.92 Å². The number of halogens is 3. The Hall–Kier alpha value is -1.67. The Morgan fingerprint density at radius 3 is 2.63 bits per heavy atom. The number of rotatable bonds is 5. The number of hydrogen-bond acceptors (Lipinski definition) is 4. The lowest BCUT2D eigenvalue weighted by Gasteiger charge is -2.34. The van der Waals surface area contributed by atoms with Gasteiger partial charge < -0.3 is 19.9 Å². The average Bonchev–Trinajstić information content (AvgIpc) is 3.06. The van der Waals surface area contributed by atoms with Crippen LogP contribution in [0.15, 0.2) is 30.6 Å². The van der Waals surface area contributed by atoms with E-state index in [-0.39, 0.29) is 43.1 Å². The van der Waals surface area contributed by atoms with Crippen molar-refractivity contribution >= 4 is 30.7 Å². The Kier molecular flexibility index (Phi) is 8.68. The molecule has 0 radical (unpaired) electrons. The molecule has 1 aromatic carbocycles. The topological polar surface area (TPSA) is 68.2 Å². The number of carbonyl (C=O) groups is 1. The van der Waals surface area contributed by atoms with Gasteiger partial charge in [-0.2, -0.15) is 0 Å². The summed E-state index contributed by atoms with van der Waals surface area (Å²) in [7, 11) is 1.56. The lowest BCUT2D eigenvalue weighted by atomic mass is 9.91. The van der Waals surface area contributed by atoms with Crippen molar-refractivity contribution in [2.24, 2.45) is 0 Å². The minimum Gasteiger partial charge on any atom is -0.368 e. The van der Waals surface area contributed by atoms with Crippen LogP contribution < -0.4 is 10.6 Å². The third kappa shape index (κ3) is 4.99. The minimum absolute atomic E-state index is 0. The number of nitrogens with one attached hydrogen (secondary N) is 2. The zero-order valence-corrected chi connectivity index (χ0v) is 17.0. The van der Waals surface area contributed by atoms with Gasteiger partial charge in [0.05, 0.1) is 5.69 Å². The second kappa shape index (κ2) is 10.0. The molecular weight excluding hydrogens is 394 g/mol. The number of amides is 1. The summed E-state index contributed by atoms with van der Waals surface area (Å²) >= 11 is 0. The van der Waals surface area contributed by atoms with Gasteiger partial charge in [-0.05, 0) is 50.6 Å². The average molecular weight is 419 g/mol. The highest BCUT2D eigenvalue weighted by Crippen LogP contribution is 2.23. The molecule has 9 heteroatoms. The van der Waals surface area contributed by atoms with Crippen molar-refractivity contribution in [2.75, 3.05) is 20.2 Å². The zero-order valence-electron chi connectivity index (χ0n) is 15.3. The molecule has 2 N–H and O–H groups in total. The lowest BCUT2D eigenvalue weighted by Crippen LogP contribution is -2.53. The van der Waals surface area contributed by atoms with E-state index in [0.29, 0.717) is 29.9 Å². The third-order valence-electron chi connectivity index (χ3n) is 4.77. The van der Waals surface area contributed by atoms with Crippen LogP contribution in [0.3, 0.4) is 0 Å². The van der Waals surface area contributed by atoms with Gasteiger partial charge in [0.15, 0.2) is 0 Å². The molecule has 1 saturated heterocycles. The van der Waals surface area contributed by atoms with Crippen molar-refractivity contribution in [2.45, 2.75) is 31.9 Å². The van der Waals surface area contributed by atoms with Gasteiger partial charge in [-0.3, -0.25) is 4.79 Å². The maximum Gasteiger partial charge on any atom is 0.252 e. The molecular formula is C18H25Cl2FN4O2. The Morgan fingerprint density at radius 2 is 2.07 bits per heavy atom. The number of aromatic nitrogens is 2. The maximum absolute atomic E-state index is 14.4. The summed E-state index contributed by atoms with van der Waals surface area (Å²) in [6, 6.07) is 4.94. The fourth-order valence-corrected chi connectivity index (χ4v) is 3.19. The lowest BCUT2D eigenvalue weighted by molar-refractivity contribution is -0.146. The molecule has 150 valence electrons. The van der Waals surface area contributed by atoms with Gasteiger partial charge in [-0.25, -0.2) is 9.37 Å². The van der Waals surface area contributed by atoms with E-state index >= 15 is 0 Å². The summed E-state index contributed by atoms with van der Waals surface area (Å²) in [4.78, 5) is 16.6. The molecule has 0 bridgehead atoms. The molecule has 2 heterocycles. The van der Waals surface area contributed by atoms with Crippen LogP contribution in [0.25, 0.3) is 5.69 Å². The zero-order chi connectivity index (χ0) is 17.9. The molecule has 1 aliphatic rings. The summed E-state index contributed by atoms with van der Waals surface area (Å²) in [5.41, 5.74) is 0.349. The summed E-state index contributed by atoms with van der Waals surface area (Å²) in [6.07, 6.45) is 4.60. The van der Waals surface area contributed by atoms with Crippen LogP contribution in [0.5, 0.6) is 0 Å². The predicted molar refractivity (Wildman–Crippen MR) is 106 cm³/mol. The highest BCUT2D eigenvalue weighted by Gasteiger charge is 2.39. The summed E-state index contributed by atoms with van der Waals surface area (Å²) in [5, 5.41) is 6.09. The standard InChI is InChI=1S/C18H23FN4O2.2ClH/c1-13-21-9-10-23(13)16-4-3-14(11-15(16)19)12-22-17(24)18(25-2)5-7-20-8-6-18;;/h3-4,9-11,20H,5-8,12H2,1-2H3,(H,22,24);2*1H. The van der Waals surface area contributed by atoms with Gasteiger partial charge in [0.2, 0.25) is 0 Å². The van der Waals surface area contributed by atoms with Crippen LogP contribution in [0.1, 0.15) is 24.2 Å². The van der Waals surface area contributed by atoms with Crippen LogP contribution in [0.4, 0.5) is 4.39 Å². The monoisotopic (exact) mass is 418 g/mol. The first-order chi connectivity index (χ1) is 12.1. The second-order valence-electron chi connectivity index (χ2n) is 6.26. The van der Waals surface area contributed by atoms with Crippen molar-refractivity contribution < 1.29 is 13.9 Å². The number of hydrogen-bond donors (Lipinski definition) is 2. The molecule has 0 aliphatic carbocycles. The van der Waals surface area contributed by atoms with Crippen molar-refractivity contribution in [3.05, 3.63) is 47.8 Å². The van der Waals surface area contributed by atoms with Crippen LogP contribution in [0.2, 0.25) is 0 Å². The number of aryl methyl sites for hydroxylation is 1. The molecule has 0 saturated carbocycles. The fourth-order valence-electron chi connectivity index (χ4n) is 3.19. The summed E-state index contributed by atoms with van der Waals surface area (Å²) in [5.74, 6) is 0.218. The van der Waals surface area contributed by atoms with Gasteiger partial charge >= 0.3 is 0 Å². The van der Waals surface area contributed by atoms with Gasteiger partial charge in [-0.15, -0.1) is 24.8 Å². The first-order valence-electron chi connectivity index (χ1n) is 8.39. The smallest absolute Gasteiger partial charge is 0.252 e. The minimum atomic E-state index is -0.794. The van der Waals surface area contributed by atoms with Crippen molar-refractivity contribution in [1.82, 2.24) is 20.2 Å². The van der Waals surface area contributed by atoms with Crippen molar-refractivity contribution in [1.29, 1.82) is 0 Å². The van der Waals surface area contributed by atoms with E-state index in [9.17, 15) is 9.18 Å². The van der Waals surface area contributed by atoms with E-state index < -0.39 is 5.60 Å². The van der Waals surface area contributed by atoms with Gasteiger partial charge in [0.1, 0.15) is 17.2 Å². The first-order valence-corrected chi connectivity index (χ1v) is 8.39. The molecule has 1 fully saturated rings. The molecule has 27 heavy (non-hydrogen) atoms. The molecule has 2 aromatic rings. The highest BCUT2D eigenvalue weighted by molar-refractivity contribution is 5.86. The van der Waals surface area contributed by atoms with Crippen molar-refractivity contribution in [3.63, 3.8) is 0 Å². The van der Waals surface area contributed by atoms with E-state index in [4.69, 9.17) is 4.74 Å². The Balaban J connectivity index is 0.00000182. The first kappa shape index (κ1) is 23.4. The number of methoxy groups -OCH3 is 1. The Labute approximate surface area is 170 Å². The van der Waals surface area contributed by atoms with E-state index in [1.54, 1.807) is 36.2 Å². The van der Waals surface area contributed by atoms with Crippen LogP contribution in [0, 0.1) is 12.7 Å². The largest absolute Gasteiger partial charge is 0.368 e. The molecule has 1 aliphatic heterocycles. The SMILES string of the molecule is COC1(C(=O)NCc2ccc(-n3ccnc3C)c(F)c2)CCNCC1.Cl.Cl. The maximum atomic E-state index is 14.4. The molecule has 6 nitrogen and oxygen atoms in total. The second-order valence-corrected chi connectivity index (χ2v) is 6.26. The highest BCUT2D eigenvalue weighted by atomic mass is 35.5. The van der Waals surface area contributed by atoms with Crippen LogP contribution in [-0.2, 0) is 16.1 Å². The molecule has 0 atom stereocenters. The number of nitrogens with zero attached hydrogens (tertiary/aromatic N) is 2. The normalized spacial score (nSPS) is 15.4. The molecule has 1 aromatic heterocycles. The van der Waals surface area contributed by atoms with E-state index in [0.717, 1.165) is 13.1 Å². The Bertz CT molecular complexity index is 764. The summed E-state index contributed by atoms with van der Waals surface area (Å²) in [6.45, 7) is 3.57. The molecule has 1 amide bonds. The van der Waals surface area contributed by atoms with Gasteiger partial charge in [0.25, 0.3) is 5.91 Å². The number of piperidine rings is 1.